The second kappa shape index (κ2) is 10.4. The molecule has 1 saturated heterocycles. The van der Waals surface area contributed by atoms with Crippen molar-refractivity contribution in [3.05, 3.63) is 48.6 Å². The molecule has 0 aliphatic carbocycles. The Morgan fingerprint density at radius 2 is 2.00 bits per heavy atom. The Hall–Kier alpha value is -1.65. The number of nitrogens with one attached hydrogen (secondary N) is 1. The van der Waals surface area contributed by atoms with E-state index in [4.69, 9.17) is 4.74 Å². The average Bonchev–Trinajstić information content (AvgIpc) is 2.65. The van der Waals surface area contributed by atoms with E-state index in [1.807, 2.05) is 6.07 Å². The minimum absolute atomic E-state index is 0.122. The number of hydrogen-bond acceptors (Lipinski definition) is 4. The first-order valence-corrected chi connectivity index (χ1v) is 9.49. The highest BCUT2D eigenvalue weighted by atomic mass is 16.5. The van der Waals surface area contributed by atoms with Crippen LogP contribution in [0.5, 0.6) is 0 Å². The average molecular weight is 344 g/mol. The summed E-state index contributed by atoms with van der Waals surface area (Å²) in [6.07, 6.45) is 6.68. The van der Waals surface area contributed by atoms with Crippen molar-refractivity contribution >= 4 is 5.97 Å². The van der Waals surface area contributed by atoms with Gasteiger partial charge in [-0.15, -0.1) is 0 Å². The molecule has 0 radical (unpaired) electrons. The lowest BCUT2D eigenvalue weighted by Gasteiger charge is -2.40. The lowest BCUT2D eigenvalue weighted by atomic mass is 9.87. The molecular weight excluding hydrogens is 312 g/mol. The van der Waals surface area contributed by atoms with Crippen LogP contribution < -0.4 is 5.32 Å². The summed E-state index contributed by atoms with van der Waals surface area (Å²) in [5, 5.41) is 3.53. The first-order valence-electron chi connectivity index (χ1n) is 9.49. The number of hydrogen-bond donors (Lipinski definition) is 1. The largest absolute Gasteiger partial charge is 0.460 e. The van der Waals surface area contributed by atoms with Gasteiger partial charge in [0.05, 0.1) is 0 Å². The van der Waals surface area contributed by atoms with E-state index in [-0.39, 0.29) is 12.6 Å². The molecule has 25 heavy (non-hydrogen) atoms. The van der Waals surface area contributed by atoms with Gasteiger partial charge < -0.3 is 10.1 Å². The van der Waals surface area contributed by atoms with Gasteiger partial charge in [-0.05, 0) is 31.4 Å². The van der Waals surface area contributed by atoms with Crippen LogP contribution in [0.4, 0.5) is 0 Å². The van der Waals surface area contributed by atoms with Crippen LogP contribution in [-0.4, -0.2) is 42.6 Å². The minimum atomic E-state index is -0.538. The number of esters is 1. The van der Waals surface area contributed by atoms with E-state index in [1.54, 1.807) is 6.08 Å². The predicted octanol–water partition coefficient (Wildman–Crippen LogP) is 3.53. The van der Waals surface area contributed by atoms with Crippen LogP contribution >= 0.6 is 0 Å². The molecule has 1 aliphatic rings. The van der Waals surface area contributed by atoms with Crippen molar-refractivity contribution in [1.29, 1.82) is 0 Å². The van der Waals surface area contributed by atoms with Crippen LogP contribution in [-0.2, 0) is 16.1 Å². The van der Waals surface area contributed by atoms with Gasteiger partial charge in [-0.2, -0.15) is 0 Å². The number of likely N-dealkylation sites (tertiary alicyclic amines) is 1. The maximum absolute atomic E-state index is 12.7. The fourth-order valence-corrected chi connectivity index (χ4v) is 3.36. The molecule has 1 aliphatic heterocycles. The summed E-state index contributed by atoms with van der Waals surface area (Å²) in [5.41, 5.74) is 0.782. The van der Waals surface area contributed by atoms with Gasteiger partial charge in [-0.3, -0.25) is 9.69 Å². The molecule has 1 N–H and O–H groups in total. The maximum atomic E-state index is 12.7. The molecule has 0 spiro atoms. The number of ether oxygens (including phenoxy) is 1. The Balaban J connectivity index is 1.93. The van der Waals surface area contributed by atoms with Gasteiger partial charge in [0.25, 0.3) is 0 Å². The van der Waals surface area contributed by atoms with Gasteiger partial charge in [0.2, 0.25) is 0 Å². The molecule has 2 rings (SSSR count). The Bertz CT molecular complexity index is 522. The number of benzene rings is 1. The second-order valence-electron chi connectivity index (χ2n) is 6.86. The van der Waals surface area contributed by atoms with Crippen LogP contribution in [0.25, 0.3) is 0 Å². The molecule has 1 aromatic carbocycles. The van der Waals surface area contributed by atoms with Gasteiger partial charge in [0.15, 0.2) is 0 Å². The lowest BCUT2D eigenvalue weighted by Crippen LogP contribution is -2.59. The Morgan fingerprint density at radius 3 is 2.64 bits per heavy atom. The molecule has 4 nitrogen and oxygen atoms in total. The monoisotopic (exact) mass is 344 g/mol. The SMILES string of the molecule is C=CCOC(=O)C1(NCCCCC)CCN(Cc2ccccc2)CC1. The molecule has 0 unspecified atom stereocenters. The molecule has 1 fully saturated rings. The number of carbonyl (C=O) groups excluding carboxylic acids is 1. The van der Waals surface area contributed by atoms with E-state index in [0.717, 1.165) is 45.4 Å². The van der Waals surface area contributed by atoms with Crippen molar-refractivity contribution in [3.63, 3.8) is 0 Å². The Labute approximate surface area is 152 Å². The number of unbranched alkanes of at least 4 members (excludes halogenated alkanes) is 2. The molecular formula is C21H32N2O2. The third-order valence-electron chi connectivity index (χ3n) is 4.93. The summed E-state index contributed by atoms with van der Waals surface area (Å²) in [7, 11) is 0. The summed E-state index contributed by atoms with van der Waals surface area (Å²) in [4.78, 5) is 15.1. The molecule has 0 bridgehead atoms. The topological polar surface area (TPSA) is 41.6 Å². The van der Waals surface area contributed by atoms with E-state index in [9.17, 15) is 4.79 Å². The van der Waals surface area contributed by atoms with Crippen LogP contribution in [0.15, 0.2) is 43.0 Å². The van der Waals surface area contributed by atoms with E-state index < -0.39 is 5.54 Å². The third kappa shape index (κ3) is 5.98. The minimum Gasteiger partial charge on any atom is -0.460 e. The molecule has 1 aromatic rings. The smallest absolute Gasteiger partial charge is 0.326 e. The standard InChI is InChI=1S/C21H32N2O2/c1-3-5-9-14-22-21(20(24)25-17-4-2)12-15-23(16-13-21)18-19-10-7-6-8-11-19/h4,6-8,10-11,22H,2-3,5,9,12-18H2,1H3. The predicted molar refractivity (Wildman–Crippen MR) is 102 cm³/mol. The number of piperidine rings is 1. The van der Waals surface area contributed by atoms with Gasteiger partial charge in [-0.1, -0.05) is 62.8 Å². The molecule has 0 amide bonds. The van der Waals surface area contributed by atoms with Crippen LogP contribution in [0.2, 0.25) is 0 Å². The lowest BCUT2D eigenvalue weighted by molar-refractivity contribution is -0.152. The van der Waals surface area contributed by atoms with Crippen molar-refractivity contribution in [2.24, 2.45) is 0 Å². The molecule has 4 heteroatoms. The summed E-state index contributed by atoms with van der Waals surface area (Å²) in [5.74, 6) is -0.122. The molecule has 0 saturated carbocycles. The van der Waals surface area contributed by atoms with Crippen molar-refractivity contribution in [3.8, 4) is 0 Å². The van der Waals surface area contributed by atoms with Gasteiger partial charge >= 0.3 is 5.97 Å². The zero-order chi connectivity index (χ0) is 18.0. The highest BCUT2D eigenvalue weighted by Gasteiger charge is 2.42. The van der Waals surface area contributed by atoms with Crippen molar-refractivity contribution < 1.29 is 9.53 Å². The van der Waals surface area contributed by atoms with E-state index in [0.29, 0.717) is 0 Å². The van der Waals surface area contributed by atoms with Gasteiger partial charge in [0.1, 0.15) is 12.1 Å². The highest BCUT2D eigenvalue weighted by molar-refractivity contribution is 5.81. The number of carbonyl (C=O) groups is 1. The first-order chi connectivity index (χ1) is 12.2. The van der Waals surface area contributed by atoms with Crippen LogP contribution in [0.1, 0.15) is 44.6 Å². The fraction of sp³-hybridized carbons (Fsp3) is 0.571. The van der Waals surface area contributed by atoms with Crippen LogP contribution in [0.3, 0.4) is 0 Å². The normalized spacial score (nSPS) is 17.2. The first kappa shape index (κ1) is 19.7. The number of nitrogens with zero attached hydrogens (tertiary/aromatic N) is 1. The van der Waals surface area contributed by atoms with Crippen molar-refractivity contribution in [2.45, 2.75) is 51.1 Å². The summed E-state index contributed by atoms with van der Waals surface area (Å²) < 4.78 is 5.41. The molecule has 138 valence electrons. The summed E-state index contributed by atoms with van der Waals surface area (Å²) >= 11 is 0. The highest BCUT2D eigenvalue weighted by Crippen LogP contribution is 2.25. The zero-order valence-corrected chi connectivity index (χ0v) is 15.5. The van der Waals surface area contributed by atoms with Gasteiger partial charge in [0, 0.05) is 19.6 Å². The van der Waals surface area contributed by atoms with Crippen molar-refractivity contribution in [1.82, 2.24) is 10.2 Å². The van der Waals surface area contributed by atoms with Crippen molar-refractivity contribution in [2.75, 3.05) is 26.2 Å². The third-order valence-corrected chi connectivity index (χ3v) is 4.93. The zero-order valence-electron chi connectivity index (χ0n) is 15.5. The van der Waals surface area contributed by atoms with Gasteiger partial charge in [-0.25, -0.2) is 0 Å². The van der Waals surface area contributed by atoms with E-state index in [2.05, 4.69) is 48.0 Å². The molecule has 0 atom stereocenters. The molecule has 1 heterocycles. The van der Waals surface area contributed by atoms with Crippen LogP contribution in [0, 0.1) is 0 Å². The Morgan fingerprint density at radius 1 is 1.28 bits per heavy atom. The number of rotatable bonds is 10. The Kier molecular flexibility index (Phi) is 8.16. The summed E-state index contributed by atoms with van der Waals surface area (Å²) in [6.45, 7) is 9.73. The fourth-order valence-electron chi connectivity index (χ4n) is 3.36. The second-order valence-corrected chi connectivity index (χ2v) is 6.86. The quantitative estimate of drug-likeness (QED) is 0.400. The molecule has 0 aromatic heterocycles. The maximum Gasteiger partial charge on any atom is 0.326 e. The summed E-state index contributed by atoms with van der Waals surface area (Å²) in [6, 6.07) is 10.5. The van der Waals surface area contributed by atoms with E-state index >= 15 is 0 Å². The van der Waals surface area contributed by atoms with E-state index in [1.165, 1.54) is 18.4 Å².